The first-order valence-corrected chi connectivity index (χ1v) is 14.1. The number of phenolic OH excluding ortho intramolecular Hbond substituents is 1. The van der Waals surface area contributed by atoms with Gasteiger partial charge in [-0.3, -0.25) is 15.0 Å². The topological polar surface area (TPSA) is 213 Å². The summed E-state index contributed by atoms with van der Waals surface area (Å²) in [5.74, 6) is -4.11. The predicted molar refractivity (Wildman–Crippen MR) is 155 cm³/mol. The van der Waals surface area contributed by atoms with Crippen molar-refractivity contribution in [2.45, 2.75) is 71.6 Å². The molecular weight excluding hydrogens is 546 g/mol. The van der Waals surface area contributed by atoms with Crippen molar-refractivity contribution in [1.29, 1.82) is 5.41 Å². The third-order valence-electron chi connectivity index (χ3n) is 7.47. The Morgan fingerprint density at radius 3 is 2.48 bits per heavy atom. The van der Waals surface area contributed by atoms with Crippen molar-refractivity contribution < 1.29 is 38.9 Å². The van der Waals surface area contributed by atoms with Gasteiger partial charge < -0.3 is 41.4 Å². The summed E-state index contributed by atoms with van der Waals surface area (Å²) in [5, 5.41) is 35.7. The van der Waals surface area contributed by atoms with Crippen LogP contribution in [0.5, 0.6) is 5.75 Å². The number of guanidine groups is 1. The van der Waals surface area contributed by atoms with E-state index in [1.807, 2.05) is 13.8 Å². The number of benzene rings is 1. The van der Waals surface area contributed by atoms with E-state index in [2.05, 4.69) is 16.0 Å². The number of aliphatic carboxylic acids is 1. The molecule has 13 heteroatoms. The van der Waals surface area contributed by atoms with Gasteiger partial charge in [-0.1, -0.05) is 38.8 Å². The van der Waals surface area contributed by atoms with Gasteiger partial charge in [-0.15, -0.1) is 0 Å². The number of rotatable bonds is 14. The maximum atomic E-state index is 12.8. The number of hydrogen-bond donors (Lipinski definition) is 7. The number of carbonyl (C=O) groups is 4. The average Bonchev–Trinajstić information content (AvgIpc) is 3.25. The third kappa shape index (κ3) is 9.96. The number of carboxylic acid groups (broad SMARTS) is 1. The molecule has 1 aliphatic carbocycles. The number of esters is 1. The molecule has 2 amide bonds. The van der Waals surface area contributed by atoms with Gasteiger partial charge in [-0.2, -0.15) is 0 Å². The van der Waals surface area contributed by atoms with E-state index >= 15 is 0 Å². The van der Waals surface area contributed by atoms with Crippen molar-refractivity contribution in [3.63, 3.8) is 0 Å². The molecule has 2 rings (SSSR count). The second kappa shape index (κ2) is 16.2. The van der Waals surface area contributed by atoms with Gasteiger partial charge in [0.05, 0.1) is 12.5 Å². The van der Waals surface area contributed by atoms with Crippen LogP contribution in [0.2, 0.25) is 0 Å². The van der Waals surface area contributed by atoms with Crippen molar-refractivity contribution in [2.75, 3.05) is 13.2 Å². The molecular formula is C29H43N5O8. The fourth-order valence-corrected chi connectivity index (χ4v) is 5.38. The smallest absolute Gasteiger partial charge is 0.407 e. The van der Waals surface area contributed by atoms with E-state index in [0.29, 0.717) is 24.0 Å². The lowest BCUT2D eigenvalue weighted by Crippen LogP contribution is -2.55. The molecule has 1 fully saturated rings. The van der Waals surface area contributed by atoms with Crippen LogP contribution in [-0.2, 0) is 23.9 Å². The Bertz CT molecular complexity index is 1150. The Morgan fingerprint density at radius 1 is 1.21 bits per heavy atom. The number of nitrogens with one attached hydrogen (secondary N) is 4. The van der Waals surface area contributed by atoms with Crippen LogP contribution >= 0.6 is 0 Å². The van der Waals surface area contributed by atoms with Crippen molar-refractivity contribution in [1.82, 2.24) is 16.0 Å². The minimum atomic E-state index is -1.17. The van der Waals surface area contributed by atoms with Crippen LogP contribution in [0.15, 0.2) is 24.3 Å². The predicted octanol–water partition coefficient (Wildman–Crippen LogP) is 2.26. The lowest BCUT2D eigenvalue weighted by molar-refractivity contribution is -0.145. The van der Waals surface area contributed by atoms with E-state index < -0.39 is 48.1 Å². The fraction of sp³-hybridized carbons (Fsp3) is 0.552. The van der Waals surface area contributed by atoms with Gasteiger partial charge in [0.25, 0.3) is 0 Å². The van der Waals surface area contributed by atoms with Gasteiger partial charge in [-0.25, -0.2) is 9.59 Å². The number of aryl methyl sites for hydroxylation is 1. The van der Waals surface area contributed by atoms with E-state index in [4.69, 9.17) is 20.6 Å². The van der Waals surface area contributed by atoms with Crippen LogP contribution in [0.4, 0.5) is 4.79 Å². The minimum absolute atomic E-state index is 0.0102. The molecule has 0 spiro atoms. The van der Waals surface area contributed by atoms with Crippen molar-refractivity contribution in [2.24, 2.45) is 23.5 Å². The molecule has 0 heterocycles. The number of ether oxygens (including phenoxy) is 2. The Labute approximate surface area is 245 Å². The maximum absolute atomic E-state index is 12.8. The molecule has 0 radical (unpaired) electrons. The highest BCUT2D eigenvalue weighted by Gasteiger charge is 2.53. The Morgan fingerprint density at radius 2 is 1.90 bits per heavy atom. The van der Waals surface area contributed by atoms with Crippen molar-refractivity contribution >= 4 is 36.0 Å². The summed E-state index contributed by atoms with van der Waals surface area (Å²) in [6.45, 7) is 7.14. The fourth-order valence-electron chi connectivity index (χ4n) is 5.38. The first-order valence-electron chi connectivity index (χ1n) is 14.1. The standard InChI is InChI=1S/C29H43N5O8/c1-5-19(6-2)25(33-17(4)35)24-21(34-28(30)31)15-20(27(38)39)26(24)42-29(40)32-12-7-13-41-23(37)11-10-18-9-8-16(3)22(36)14-18/h8-11,14,19-21,24-26,36H,5-7,12-13,15H2,1-4H3,(H,32,40)(H,33,35)(H,38,39)(H4,30,31,34)/b11-10+/t20-,21+,24+,25-,26+/m0/s1. The molecule has 0 unspecified atom stereocenters. The summed E-state index contributed by atoms with van der Waals surface area (Å²) in [7, 11) is 0. The Kier molecular flexibility index (Phi) is 13.1. The molecule has 1 aromatic rings. The number of aromatic hydroxyl groups is 1. The van der Waals surface area contributed by atoms with Crippen LogP contribution < -0.4 is 21.7 Å². The van der Waals surface area contributed by atoms with Gasteiger partial charge in [-0.05, 0) is 49.0 Å². The van der Waals surface area contributed by atoms with E-state index in [-0.39, 0.29) is 49.5 Å². The largest absolute Gasteiger partial charge is 0.508 e. The summed E-state index contributed by atoms with van der Waals surface area (Å²) in [5.41, 5.74) is 6.94. The molecule has 1 aromatic carbocycles. The second-order valence-electron chi connectivity index (χ2n) is 10.4. The van der Waals surface area contributed by atoms with Gasteiger partial charge in [0.1, 0.15) is 11.9 Å². The number of amides is 2. The zero-order valence-corrected chi connectivity index (χ0v) is 24.5. The summed E-state index contributed by atoms with van der Waals surface area (Å²) < 4.78 is 10.8. The average molecular weight is 590 g/mol. The third-order valence-corrected chi connectivity index (χ3v) is 7.47. The number of carbonyl (C=O) groups excluding carboxylic acids is 3. The van der Waals surface area contributed by atoms with Crippen LogP contribution in [-0.4, -0.2) is 71.5 Å². The Balaban J connectivity index is 2.02. The molecule has 0 saturated heterocycles. The molecule has 0 aliphatic heterocycles. The zero-order chi connectivity index (χ0) is 31.4. The van der Waals surface area contributed by atoms with Crippen molar-refractivity contribution in [3.05, 3.63) is 35.4 Å². The monoisotopic (exact) mass is 589 g/mol. The second-order valence-corrected chi connectivity index (χ2v) is 10.4. The lowest BCUT2D eigenvalue weighted by Gasteiger charge is -2.37. The molecule has 1 aliphatic rings. The molecule has 232 valence electrons. The van der Waals surface area contributed by atoms with E-state index in [0.717, 1.165) is 0 Å². The highest BCUT2D eigenvalue weighted by Crippen LogP contribution is 2.40. The number of nitrogens with two attached hydrogens (primary N) is 1. The van der Waals surface area contributed by atoms with Gasteiger partial charge >= 0.3 is 18.0 Å². The first kappa shape index (κ1) is 33.9. The molecule has 1 saturated carbocycles. The SMILES string of the molecule is CCC(CC)[C@H](NC(C)=O)[C@@H]1[C@H](OC(=O)NCCCOC(=O)/C=C/c2ccc(C)c(O)c2)[C@@H](C(=O)O)C[C@H]1NC(=N)N. The number of alkyl carbamates (subject to hydrolysis) is 1. The van der Waals surface area contributed by atoms with Crippen LogP contribution in [0.1, 0.15) is 57.6 Å². The molecule has 13 nitrogen and oxygen atoms in total. The summed E-state index contributed by atoms with van der Waals surface area (Å²) in [4.78, 5) is 49.1. The number of hydrogen-bond acceptors (Lipinski definition) is 8. The number of phenols is 1. The highest BCUT2D eigenvalue weighted by molar-refractivity contribution is 5.87. The Hall–Kier alpha value is -4.29. The van der Waals surface area contributed by atoms with E-state index in [9.17, 15) is 29.4 Å². The van der Waals surface area contributed by atoms with E-state index in [1.54, 1.807) is 19.1 Å². The highest BCUT2D eigenvalue weighted by atomic mass is 16.6. The normalized spacial score (nSPS) is 20.6. The minimum Gasteiger partial charge on any atom is -0.508 e. The molecule has 0 aromatic heterocycles. The van der Waals surface area contributed by atoms with Gasteiger partial charge in [0, 0.05) is 37.5 Å². The van der Waals surface area contributed by atoms with Gasteiger partial charge in [0.2, 0.25) is 5.91 Å². The first-order chi connectivity index (χ1) is 19.9. The summed E-state index contributed by atoms with van der Waals surface area (Å²) >= 11 is 0. The van der Waals surface area contributed by atoms with E-state index in [1.165, 1.54) is 25.1 Å². The maximum Gasteiger partial charge on any atom is 0.407 e. The van der Waals surface area contributed by atoms with Crippen LogP contribution in [0.25, 0.3) is 6.08 Å². The number of carboxylic acids is 1. The van der Waals surface area contributed by atoms with Crippen molar-refractivity contribution in [3.8, 4) is 5.75 Å². The zero-order valence-electron chi connectivity index (χ0n) is 24.5. The quantitative estimate of drug-likeness (QED) is 0.0552. The summed E-state index contributed by atoms with van der Waals surface area (Å²) in [6.07, 6.45) is 2.46. The molecule has 42 heavy (non-hydrogen) atoms. The summed E-state index contributed by atoms with van der Waals surface area (Å²) in [6, 6.07) is 3.84. The van der Waals surface area contributed by atoms with Crippen LogP contribution in [0, 0.1) is 30.1 Å². The lowest BCUT2D eigenvalue weighted by atomic mass is 9.80. The molecule has 0 bridgehead atoms. The molecule has 5 atom stereocenters. The van der Waals surface area contributed by atoms with Crippen LogP contribution in [0.3, 0.4) is 0 Å². The molecule has 8 N–H and O–H groups in total. The van der Waals surface area contributed by atoms with Gasteiger partial charge in [0.15, 0.2) is 5.96 Å².